The van der Waals surface area contributed by atoms with Gasteiger partial charge >= 0.3 is 5.97 Å². The first kappa shape index (κ1) is 31.9. The summed E-state index contributed by atoms with van der Waals surface area (Å²) in [4.78, 5) is 24.5. The number of hydrogen-bond donors (Lipinski definition) is 1. The number of esters is 1. The van der Waals surface area contributed by atoms with Crippen molar-refractivity contribution in [2.75, 3.05) is 14.2 Å². The van der Waals surface area contributed by atoms with Crippen LogP contribution < -0.4 is 19.6 Å². The van der Waals surface area contributed by atoms with Gasteiger partial charge in [-0.1, -0.05) is 84.0 Å². The van der Waals surface area contributed by atoms with Crippen LogP contribution in [-0.2, 0) is 4.79 Å². The van der Waals surface area contributed by atoms with E-state index in [0.29, 0.717) is 29.2 Å². The Morgan fingerprint density at radius 2 is 1.31 bits per heavy atom. The van der Waals surface area contributed by atoms with Crippen LogP contribution in [0.4, 0.5) is 0 Å². The number of nitrogens with zero attached hydrogens (tertiary/aromatic N) is 1. The van der Waals surface area contributed by atoms with E-state index in [1.807, 2.05) is 0 Å². The molecule has 0 saturated carbocycles. The second-order valence-electron chi connectivity index (χ2n) is 9.81. The number of carbonyl (C=O) groups is 2. The Morgan fingerprint density at radius 3 is 1.87 bits per heavy atom. The Bertz CT molecular complexity index is 1000. The Kier molecular flexibility index (Phi) is 16.1. The molecule has 7 nitrogen and oxygen atoms in total. The molecule has 0 aliphatic heterocycles. The van der Waals surface area contributed by atoms with E-state index >= 15 is 0 Å². The summed E-state index contributed by atoms with van der Waals surface area (Å²) in [6, 6.07) is 11.7. The van der Waals surface area contributed by atoms with Crippen LogP contribution in [0, 0.1) is 0 Å². The van der Waals surface area contributed by atoms with Crippen molar-refractivity contribution in [3.8, 4) is 17.2 Å². The highest BCUT2D eigenvalue weighted by Crippen LogP contribution is 2.28. The van der Waals surface area contributed by atoms with Crippen molar-refractivity contribution in [1.82, 2.24) is 5.43 Å². The van der Waals surface area contributed by atoms with Gasteiger partial charge in [0.05, 0.1) is 26.0 Å². The third-order valence-electron chi connectivity index (χ3n) is 6.62. The fourth-order valence-corrected chi connectivity index (χ4v) is 4.29. The summed E-state index contributed by atoms with van der Waals surface area (Å²) in [6.45, 7) is 2.26. The molecule has 0 aliphatic rings. The topological polar surface area (TPSA) is 86.2 Å². The molecule has 0 radical (unpaired) electrons. The maximum atomic E-state index is 12.5. The van der Waals surface area contributed by atoms with Crippen molar-refractivity contribution in [1.29, 1.82) is 0 Å². The number of benzene rings is 2. The summed E-state index contributed by atoms with van der Waals surface area (Å²) >= 11 is 0. The van der Waals surface area contributed by atoms with E-state index in [1.54, 1.807) is 48.7 Å². The van der Waals surface area contributed by atoms with Gasteiger partial charge in [-0.25, -0.2) is 10.2 Å². The average Bonchev–Trinajstić information content (AvgIpc) is 2.96. The second kappa shape index (κ2) is 19.7. The number of hydrogen-bond acceptors (Lipinski definition) is 6. The summed E-state index contributed by atoms with van der Waals surface area (Å²) in [5.74, 6) is 0.815. The van der Waals surface area contributed by atoms with E-state index in [4.69, 9.17) is 14.2 Å². The first-order chi connectivity index (χ1) is 19.1. The summed E-state index contributed by atoms with van der Waals surface area (Å²) in [6.07, 6.45) is 18.7. The fourth-order valence-electron chi connectivity index (χ4n) is 4.29. The van der Waals surface area contributed by atoms with Crippen LogP contribution in [0.3, 0.4) is 0 Å². The molecule has 214 valence electrons. The number of rotatable bonds is 20. The van der Waals surface area contributed by atoms with Crippen molar-refractivity contribution in [3.05, 3.63) is 53.6 Å². The highest BCUT2D eigenvalue weighted by molar-refractivity contribution is 5.92. The third kappa shape index (κ3) is 13.3. The van der Waals surface area contributed by atoms with Gasteiger partial charge in [0, 0.05) is 6.42 Å². The fraction of sp³-hybridized carbons (Fsp3) is 0.531. The quantitative estimate of drug-likeness (QED) is 0.0610. The van der Waals surface area contributed by atoms with Crippen LogP contribution in [0.15, 0.2) is 47.6 Å². The number of nitrogens with one attached hydrogen (secondary N) is 1. The van der Waals surface area contributed by atoms with Crippen molar-refractivity contribution < 1.29 is 23.8 Å². The molecule has 2 rings (SSSR count). The van der Waals surface area contributed by atoms with Crippen molar-refractivity contribution in [2.24, 2.45) is 5.10 Å². The number of amides is 1. The number of hydrazone groups is 1. The van der Waals surface area contributed by atoms with Crippen molar-refractivity contribution in [3.63, 3.8) is 0 Å². The standard InChI is InChI=1S/C32H46N2O5/c1-4-5-6-7-8-9-10-11-12-13-14-15-16-17-31(35)34-33-25-26-18-21-28(22-19-26)39-32(36)27-20-23-29(37-2)30(24-27)38-3/h18-25H,4-17H2,1-3H3,(H,34,35). The van der Waals surface area contributed by atoms with Gasteiger partial charge in [0.1, 0.15) is 5.75 Å². The van der Waals surface area contributed by atoms with Crippen LogP contribution in [0.1, 0.15) is 113 Å². The third-order valence-corrected chi connectivity index (χ3v) is 6.62. The largest absolute Gasteiger partial charge is 0.493 e. The molecule has 7 heteroatoms. The molecule has 0 atom stereocenters. The lowest BCUT2D eigenvalue weighted by Gasteiger charge is -2.09. The van der Waals surface area contributed by atoms with E-state index < -0.39 is 5.97 Å². The van der Waals surface area contributed by atoms with Gasteiger partial charge in [-0.2, -0.15) is 5.10 Å². The van der Waals surface area contributed by atoms with Gasteiger partial charge in [0.25, 0.3) is 0 Å². The number of methoxy groups -OCH3 is 2. The molecule has 1 N–H and O–H groups in total. The molecule has 0 bridgehead atoms. The maximum Gasteiger partial charge on any atom is 0.343 e. The summed E-state index contributed by atoms with van der Waals surface area (Å²) in [5, 5.41) is 4.04. The Labute approximate surface area is 234 Å². The smallest absolute Gasteiger partial charge is 0.343 e. The minimum Gasteiger partial charge on any atom is -0.493 e. The van der Waals surface area contributed by atoms with E-state index in [2.05, 4.69) is 17.5 Å². The van der Waals surface area contributed by atoms with E-state index in [1.165, 1.54) is 84.8 Å². The lowest BCUT2D eigenvalue weighted by Crippen LogP contribution is -2.16. The SMILES string of the molecule is CCCCCCCCCCCCCCCC(=O)NN=Cc1ccc(OC(=O)c2ccc(OC)c(OC)c2)cc1. The Hall–Kier alpha value is -3.35. The predicted octanol–water partition coefficient (Wildman–Crippen LogP) is 7.85. The monoisotopic (exact) mass is 538 g/mol. The molecule has 0 heterocycles. The van der Waals surface area contributed by atoms with Crippen LogP contribution in [0.2, 0.25) is 0 Å². The van der Waals surface area contributed by atoms with Crippen molar-refractivity contribution in [2.45, 2.75) is 96.8 Å². The van der Waals surface area contributed by atoms with E-state index in [9.17, 15) is 9.59 Å². The van der Waals surface area contributed by atoms with E-state index in [0.717, 1.165) is 18.4 Å². The average molecular weight is 539 g/mol. The minimum atomic E-state index is -0.502. The number of carbonyl (C=O) groups excluding carboxylic acids is 2. The van der Waals surface area contributed by atoms with Gasteiger partial charge in [-0.05, 0) is 54.4 Å². The van der Waals surface area contributed by atoms with Crippen molar-refractivity contribution >= 4 is 18.1 Å². The molecule has 2 aromatic carbocycles. The summed E-state index contributed by atoms with van der Waals surface area (Å²) in [7, 11) is 3.04. The zero-order valence-corrected chi connectivity index (χ0v) is 24.0. The van der Waals surface area contributed by atoms with Gasteiger partial charge in [-0.15, -0.1) is 0 Å². The second-order valence-corrected chi connectivity index (χ2v) is 9.81. The van der Waals surface area contributed by atoms with E-state index in [-0.39, 0.29) is 5.91 Å². The Morgan fingerprint density at radius 1 is 0.744 bits per heavy atom. The molecule has 0 fully saturated rings. The lowest BCUT2D eigenvalue weighted by molar-refractivity contribution is -0.121. The molecule has 0 spiro atoms. The normalized spacial score (nSPS) is 10.9. The van der Waals surface area contributed by atoms with Crippen LogP contribution >= 0.6 is 0 Å². The Balaban J connectivity index is 1.57. The minimum absolute atomic E-state index is 0.0743. The summed E-state index contributed by atoms with van der Waals surface area (Å²) < 4.78 is 15.9. The van der Waals surface area contributed by atoms with Gasteiger partial charge < -0.3 is 14.2 Å². The zero-order valence-electron chi connectivity index (χ0n) is 24.0. The molecule has 39 heavy (non-hydrogen) atoms. The highest BCUT2D eigenvalue weighted by Gasteiger charge is 2.13. The molecule has 0 saturated heterocycles. The first-order valence-corrected chi connectivity index (χ1v) is 14.4. The van der Waals surface area contributed by atoms with Crippen LogP contribution in [0.5, 0.6) is 17.2 Å². The summed E-state index contributed by atoms with van der Waals surface area (Å²) in [5.41, 5.74) is 3.72. The molecule has 0 unspecified atom stereocenters. The molecule has 0 aliphatic carbocycles. The molecular formula is C32H46N2O5. The van der Waals surface area contributed by atoms with Gasteiger partial charge in [-0.3, -0.25) is 4.79 Å². The lowest BCUT2D eigenvalue weighted by atomic mass is 10.0. The molecular weight excluding hydrogens is 492 g/mol. The first-order valence-electron chi connectivity index (χ1n) is 14.4. The molecule has 2 aromatic rings. The van der Waals surface area contributed by atoms with Crippen LogP contribution in [-0.4, -0.2) is 32.3 Å². The van der Waals surface area contributed by atoms with Gasteiger partial charge in [0.2, 0.25) is 5.91 Å². The maximum absolute atomic E-state index is 12.5. The van der Waals surface area contributed by atoms with Gasteiger partial charge in [0.15, 0.2) is 11.5 Å². The zero-order chi connectivity index (χ0) is 28.1. The van der Waals surface area contributed by atoms with Crippen LogP contribution in [0.25, 0.3) is 0 Å². The number of unbranched alkanes of at least 4 members (excludes halogenated alkanes) is 12. The molecule has 0 aromatic heterocycles. The molecule has 1 amide bonds. The predicted molar refractivity (Wildman–Crippen MR) is 157 cm³/mol. The number of ether oxygens (including phenoxy) is 3. The highest BCUT2D eigenvalue weighted by atomic mass is 16.5.